The lowest BCUT2D eigenvalue weighted by atomic mass is 10.1. The minimum Gasteiger partial charge on any atom is -0.335 e. The van der Waals surface area contributed by atoms with Crippen molar-refractivity contribution in [2.75, 3.05) is 0 Å². The second kappa shape index (κ2) is 3.66. The van der Waals surface area contributed by atoms with Gasteiger partial charge in [0.25, 0.3) is 0 Å². The fraction of sp³-hybridized carbons (Fsp3) is 0.154. The van der Waals surface area contributed by atoms with Crippen LogP contribution >= 0.6 is 0 Å². The lowest BCUT2D eigenvalue weighted by Crippen LogP contribution is -1.84. The summed E-state index contributed by atoms with van der Waals surface area (Å²) in [5, 5.41) is 0. The Hall–Kier alpha value is -2.23. The summed E-state index contributed by atoms with van der Waals surface area (Å²) < 4.78 is 0. The van der Waals surface area contributed by atoms with Crippen molar-refractivity contribution in [3.8, 4) is 11.4 Å². The van der Waals surface area contributed by atoms with E-state index in [4.69, 9.17) is 0 Å². The standard InChI is InChI=1S/C13H12N4/c1-8-3-9(2)5-10(4-8)12-16-11-6-14-7-15-13(11)17-12/h3-7H,1-2H3,(H,14,15,16,17). The molecule has 1 N–H and O–H groups in total. The van der Waals surface area contributed by atoms with Crippen molar-refractivity contribution in [2.45, 2.75) is 13.8 Å². The third kappa shape index (κ3) is 1.78. The van der Waals surface area contributed by atoms with Gasteiger partial charge in [0.1, 0.15) is 17.7 Å². The van der Waals surface area contributed by atoms with Gasteiger partial charge in [0.05, 0.1) is 6.20 Å². The van der Waals surface area contributed by atoms with Gasteiger partial charge in [-0.2, -0.15) is 0 Å². The number of H-pyrrole nitrogens is 1. The smallest absolute Gasteiger partial charge is 0.181 e. The molecule has 0 saturated carbocycles. The zero-order valence-corrected chi connectivity index (χ0v) is 9.73. The van der Waals surface area contributed by atoms with Crippen molar-refractivity contribution >= 4 is 11.2 Å². The fourth-order valence-corrected chi connectivity index (χ4v) is 2.01. The van der Waals surface area contributed by atoms with Crippen LogP contribution in [0.1, 0.15) is 11.1 Å². The van der Waals surface area contributed by atoms with E-state index in [9.17, 15) is 0 Å². The summed E-state index contributed by atoms with van der Waals surface area (Å²) in [4.78, 5) is 15.8. The molecule has 4 heteroatoms. The summed E-state index contributed by atoms with van der Waals surface area (Å²) in [5.74, 6) is 0.840. The molecular formula is C13H12N4. The van der Waals surface area contributed by atoms with Crippen LogP contribution in [0.25, 0.3) is 22.6 Å². The molecule has 0 amide bonds. The number of rotatable bonds is 1. The molecule has 0 fully saturated rings. The number of imidazole rings is 1. The van der Waals surface area contributed by atoms with E-state index in [2.05, 4.69) is 52.0 Å². The van der Waals surface area contributed by atoms with Gasteiger partial charge in [0.2, 0.25) is 0 Å². The Morgan fingerprint density at radius 1 is 1.06 bits per heavy atom. The number of aryl methyl sites for hydroxylation is 2. The molecule has 17 heavy (non-hydrogen) atoms. The molecule has 0 radical (unpaired) electrons. The molecule has 0 aliphatic rings. The number of nitrogens with zero attached hydrogens (tertiary/aromatic N) is 3. The van der Waals surface area contributed by atoms with E-state index in [1.165, 1.54) is 17.5 Å². The highest BCUT2D eigenvalue weighted by atomic mass is 15.0. The van der Waals surface area contributed by atoms with Crippen LogP contribution in [0.3, 0.4) is 0 Å². The molecule has 84 valence electrons. The van der Waals surface area contributed by atoms with Gasteiger partial charge in [-0.1, -0.05) is 17.2 Å². The Morgan fingerprint density at radius 2 is 1.82 bits per heavy atom. The van der Waals surface area contributed by atoms with E-state index in [0.717, 1.165) is 16.9 Å². The first kappa shape index (κ1) is 9.96. The number of hydrogen-bond donors (Lipinski definition) is 1. The van der Waals surface area contributed by atoms with Crippen molar-refractivity contribution < 1.29 is 0 Å². The SMILES string of the molecule is Cc1cc(C)cc(-c2nc3ncncc3[nH]2)c1. The second-order valence-electron chi connectivity index (χ2n) is 4.22. The first-order valence-corrected chi connectivity index (χ1v) is 5.47. The highest BCUT2D eigenvalue weighted by Gasteiger charge is 2.06. The molecule has 0 atom stereocenters. The first-order chi connectivity index (χ1) is 8.22. The van der Waals surface area contributed by atoms with Gasteiger partial charge in [-0.25, -0.2) is 15.0 Å². The zero-order valence-electron chi connectivity index (χ0n) is 9.73. The van der Waals surface area contributed by atoms with Crippen molar-refractivity contribution in [1.82, 2.24) is 19.9 Å². The predicted octanol–water partition coefficient (Wildman–Crippen LogP) is 2.64. The summed E-state index contributed by atoms with van der Waals surface area (Å²) in [6.07, 6.45) is 3.25. The number of benzene rings is 1. The third-order valence-corrected chi connectivity index (χ3v) is 2.66. The van der Waals surface area contributed by atoms with Gasteiger partial charge in [-0.05, 0) is 26.0 Å². The lowest BCUT2D eigenvalue weighted by molar-refractivity contribution is 1.20. The van der Waals surface area contributed by atoms with E-state index in [1.54, 1.807) is 6.20 Å². The Balaban J connectivity index is 2.20. The summed E-state index contributed by atoms with van der Waals surface area (Å²) in [6.45, 7) is 4.16. The van der Waals surface area contributed by atoms with Crippen LogP contribution in [0.15, 0.2) is 30.7 Å². The maximum absolute atomic E-state index is 4.46. The predicted molar refractivity (Wildman–Crippen MR) is 66.6 cm³/mol. The van der Waals surface area contributed by atoms with Gasteiger partial charge in [0, 0.05) is 5.56 Å². The van der Waals surface area contributed by atoms with Crippen LogP contribution in [0.4, 0.5) is 0 Å². The van der Waals surface area contributed by atoms with Crippen LogP contribution in [0.2, 0.25) is 0 Å². The fourth-order valence-electron chi connectivity index (χ4n) is 2.01. The Kier molecular flexibility index (Phi) is 2.14. The maximum Gasteiger partial charge on any atom is 0.181 e. The Bertz CT molecular complexity index is 631. The van der Waals surface area contributed by atoms with Gasteiger partial charge in [-0.15, -0.1) is 0 Å². The average molecular weight is 224 g/mol. The van der Waals surface area contributed by atoms with Crippen molar-refractivity contribution in [2.24, 2.45) is 0 Å². The second-order valence-corrected chi connectivity index (χ2v) is 4.22. The third-order valence-electron chi connectivity index (χ3n) is 2.66. The maximum atomic E-state index is 4.46. The molecule has 3 rings (SSSR count). The summed E-state index contributed by atoms with van der Waals surface area (Å²) in [6, 6.07) is 6.36. The van der Waals surface area contributed by atoms with E-state index in [-0.39, 0.29) is 0 Å². The van der Waals surface area contributed by atoms with Crippen LogP contribution < -0.4 is 0 Å². The minimum absolute atomic E-state index is 0.703. The van der Waals surface area contributed by atoms with Gasteiger partial charge < -0.3 is 4.98 Å². The number of aromatic nitrogens is 4. The number of nitrogens with one attached hydrogen (secondary N) is 1. The van der Waals surface area contributed by atoms with E-state index >= 15 is 0 Å². The largest absolute Gasteiger partial charge is 0.335 e. The molecule has 2 aromatic heterocycles. The van der Waals surface area contributed by atoms with Crippen LogP contribution in [0.5, 0.6) is 0 Å². The molecular weight excluding hydrogens is 212 g/mol. The Morgan fingerprint density at radius 3 is 2.53 bits per heavy atom. The molecule has 0 bridgehead atoms. The average Bonchev–Trinajstić information content (AvgIpc) is 2.71. The van der Waals surface area contributed by atoms with E-state index in [0.29, 0.717) is 5.65 Å². The van der Waals surface area contributed by atoms with Crippen molar-refractivity contribution in [3.63, 3.8) is 0 Å². The molecule has 0 saturated heterocycles. The van der Waals surface area contributed by atoms with Gasteiger partial charge in [-0.3, -0.25) is 0 Å². The topological polar surface area (TPSA) is 54.5 Å². The van der Waals surface area contributed by atoms with Gasteiger partial charge >= 0.3 is 0 Å². The van der Waals surface area contributed by atoms with E-state index in [1.807, 2.05) is 0 Å². The summed E-state index contributed by atoms with van der Waals surface area (Å²) >= 11 is 0. The highest BCUT2D eigenvalue weighted by molar-refractivity contribution is 5.75. The molecule has 0 aliphatic carbocycles. The van der Waals surface area contributed by atoms with E-state index < -0.39 is 0 Å². The van der Waals surface area contributed by atoms with Crippen LogP contribution in [-0.2, 0) is 0 Å². The summed E-state index contributed by atoms with van der Waals surface area (Å²) in [5.41, 5.74) is 5.11. The molecule has 0 unspecified atom stereocenters. The van der Waals surface area contributed by atoms with Crippen LogP contribution in [0, 0.1) is 13.8 Å². The molecule has 0 aliphatic heterocycles. The quantitative estimate of drug-likeness (QED) is 0.691. The molecule has 0 spiro atoms. The van der Waals surface area contributed by atoms with Crippen molar-refractivity contribution in [1.29, 1.82) is 0 Å². The number of hydrogen-bond acceptors (Lipinski definition) is 3. The van der Waals surface area contributed by atoms with Crippen molar-refractivity contribution in [3.05, 3.63) is 41.9 Å². The number of fused-ring (bicyclic) bond motifs is 1. The molecule has 2 heterocycles. The normalized spacial score (nSPS) is 10.9. The Labute approximate surface area is 98.8 Å². The molecule has 4 nitrogen and oxygen atoms in total. The monoisotopic (exact) mass is 224 g/mol. The van der Waals surface area contributed by atoms with Gasteiger partial charge in [0.15, 0.2) is 5.65 Å². The minimum atomic E-state index is 0.703. The number of aromatic amines is 1. The lowest BCUT2D eigenvalue weighted by Gasteiger charge is -2.01. The van der Waals surface area contributed by atoms with Crippen LogP contribution in [-0.4, -0.2) is 19.9 Å². The first-order valence-electron chi connectivity index (χ1n) is 5.47. The zero-order chi connectivity index (χ0) is 11.8. The summed E-state index contributed by atoms with van der Waals surface area (Å²) in [7, 11) is 0. The molecule has 3 aromatic rings. The highest BCUT2D eigenvalue weighted by Crippen LogP contribution is 2.21. The molecule has 1 aromatic carbocycles.